The van der Waals surface area contributed by atoms with Crippen molar-refractivity contribution in [1.29, 1.82) is 0 Å². The van der Waals surface area contributed by atoms with Gasteiger partial charge in [-0.15, -0.1) is 0 Å². The van der Waals surface area contributed by atoms with E-state index >= 15 is 0 Å². The standard InChI is InChI=1S/C26H24BrN3O3S/c1-3-33-17-10-7-15(8-11-17)23-22(14(2)28-19-5-4-6-20(31)24(19)23)25(32)30-26-29-18-12-9-16(27)13-21(18)34-26/h7-13,23,28H,3-6H2,1-2H3,(H,29,30,32). The molecule has 3 aromatic rings. The second kappa shape index (κ2) is 9.35. The molecule has 2 heterocycles. The Balaban J connectivity index is 1.53. The van der Waals surface area contributed by atoms with Crippen molar-refractivity contribution in [1.82, 2.24) is 10.3 Å². The van der Waals surface area contributed by atoms with Crippen molar-refractivity contribution in [2.75, 3.05) is 11.9 Å². The minimum atomic E-state index is -0.441. The van der Waals surface area contributed by atoms with Crippen molar-refractivity contribution in [3.8, 4) is 5.75 Å². The number of thiazole rings is 1. The number of carbonyl (C=O) groups excluding carboxylic acids is 2. The second-order valence-electron chi connectivity index (χ2n) is 8.35. The molecule has 0 spiro atoms. The highest BCUT2D eigenvalue weighted by Gasteiger charge is 2.38. The number of benzene rings is 2. The zero-order chi connectivity index (χ0) is 23.8. The Morgan fingerprint density at radius 1 is 1.24 bits per heavy atom. The highest BCUT2D eigenvalue weighted by molar-refractivity contribution is 9.10. The highest BCUT2D eigenvalue weighted by Crippen LogP contribution is 2.43. The lowest BCUT2D eigenvalue weighted by atomic mass is 9.75. The molecule has 5 rings (SSSR count). The number of allylic oxidation sites excluding steroid dienone is 3. The Kier molecular flexibility index (Phi) is 6.27. The zero-order valence-electron chi connectivity index (χ0n) is 18.9. The largest absolute Gasteiger partial charge is 0.494 e. The van der Waals surface area contributed by atoms with Crippen LogP contribution in [0.15, 0.2) is 69.5 Å². The molecule has 0 fully saturated rings. The summed E-state index contributed by atoms with van der Waals surface area (Å²) >= 11 is 4.90. The van der Waals surface area contributed by atoms with Crippen LogP contribution in [0.4, 0.5) is 5.13 Å². The summed E-state index contributed by atoms with van der Waals surface area (Å²) in [6.45, 7) is 4.41. The number of Topliss-reactive ketones (excluding diaryl/α,β-unsaturated/α-hetero) is 1. The molecule has 1 aliphatic carbocycles. The lowest BCUT2D eigenvalue weighted by molar-refractivity contribution is -0.116. The third-order valence-corrected chi connectivity index (χ3v) is 7.54. The number of amides is 1. The van der Waals surface area contributed by atoms with E-state index in [1.165, 1.54) is 11.3 Å². The smallest absolute Gasteiger partial charge is 0.256 e. The van der Waals surface area contributed by atoms with E-state index in [1.807, 2.05) is 56.3 Å². The SMILES string of the molecule is CCOc1ccc(C2C(C(=O)Nc3nc4ccc(Br)cc4s3)=C(C)NC3=C2C(=O)CCC3)cc1. The summed E-state index contributed by atoms with van der Waals surface area (Å²) < 4.78 is 7.53. The lowest BCUT2D eigenvalue weighted by Gasteiger charge is -2.34. The average molecular weight is 538 g/mol. The molecule has 8 heteroatoms. The van der Waals surface area contributed by atoms with E-state index in [9.17, 15) is 9.59 Å². The number of nitrogens with zero attached hydrogens (tertiary/aromatic N) is 1. The third kappa shape index (κ3) is 4.28. The molecular formula is C26H24BrN3O3S. The van der Waals surface area contributed by atoms with Crippen molar-refractivity contribution in [3.63, 3.8) is 0 Å². The van der Waals surface area contributed by atoms with Gasteiger partial charge in [-0.05, 0) is 62.6 Å². The predicted molar refractivity (Wildman–Crippen MR) is 138 cm³/mol. The molecule has 2 aliphatic rings. The molecule has 34 heavy (non-hydrogen) atoms. The predicted octanol–water partition coefficient (Wildman–Crippen LogP) is 6.06. The van der Waals surface area contributed by atoms with Gasteiger partial charge in [0.05, 0.1) is 16.8 Å². The van der Waals surface area contributed by atoms with E-state index in [-0.39, 0.29) is 11.7 Å². The number of ether oxygens (including phenoxy) is 1. The molecule has 1 atom stereocenters. The number of carbonyl (C=O) groups is 2. The first-order valence-corrected chi connectivity index (χ1v) is 12.9. The molecule has 2 aromatic carbocycles. The van der Waals surface area contributed by atoms with Crippen LogP contribution in [-0.2, 0) is 9.59 Å². The van der Waals surface area contributed by atoms with Crippen molar-refractivity contribution in [2.45, 2.75) is 39.0 Å². The van der Waals surface area contributed by atoms with E-state index in [2.05, 4.69) is 31.5 Å². The molecule has 1 aromatic heterocycles. The molecule has 174 valence electrons. The first-order chi connectivity index (χ1) is 16.4. The highest BCUT2D eigenvalue weighted by atomic mass is 79.9. The number of anilines is 1. The Bertz CT molecular complexity index is 1360. The summed E-state index contributed by atoms with van der Waals surface area (Å²) in [6.07, 6.45) is 2.11. The first kappa shape index (κ1) is 22.8. The number of fused-ring (bicyclic) bond motifs is 1. The summed E-state index contributed by atoms with van der Waals surface area (Å²) in [5, 5.41) is 6.88. The minimum absolute atomic E-state index is 0.0928. The fraction of sp³-hybridized carbons (Fsp3) is 0.269. The number of hydrogen-bond donors (Lipinski definition) is 2. The second-order valence-corrected chi connectivity index (χ2v) is 10.3. The van der Waals surface area contributed by atoms with Crippen LogP contribution in [0.2, 0.25) is 0 Å². The number of hydrogen-bond acceptors (Lipinski definition) is 6. The van der Waals surface area contributed by atoms with E-state index < -0.39 is 5.92 Å². The summed E-state index contributed by atoms with van der Waals surface area (Å²) in [5.74, 6) is 0.155. The number of ketones is 1. The van der Waals surface area contributed by atoms with Gasteiger partial charge in [-0.2, -0.15) is 0 Å². The summed E-state index contributed by atoms with van der Waals surface area (Å²) in [4.78, 5) is 31.3. The van der Waals surface area contributed by atoms with Gasteiger partial charge in [-0.1, -0.05) is 39.4 Å². The summed E-state index contributed by atoms with van der Waals surface area (Å²) in [7, 11) is 0. The molecule has 0 radical (unpaired) electrons. The molecular weight excluding hydrogens is 514 g/mol. The fourth-order valence-corrected chi connectivity index (χ4v) is 6.07. The number of halogens is 1. The quantitative estimate of drug-likeness (QED) is 0.413. The number of aromatic nitrogens is 1. The van der Waals surface area contributed by atoms with Gasteiger partial charge in [-0.3, -0.25) is 14.9 Å². The average Bonchev–Trinajstić information content (AvgIpc) is 3.20. The fourth-order valence-electron chi connectivity index (χ4n) is 4.66. The van der Waals surface area contributed by atoms with Gasteiger partial charge >= 0.3 is 0 Å². The van der Waals surface area contributed by atoms with Crippen molar-refractivity contribution in [3.05, 3.63) is 75.0 Å². The molecule has 1 amide bonds. The normalized spacial score (nSPS) is 18.1. The number of nitrogens with one attached hydrogen (secondary N) is 2. The lowest BCUT2D eigenvalue weighted by Crippen LogP contribution is -2.35. The summed E-state index contributed by atoms with van der Waals surface area (Å²) in [5.41, 5.74) is 4.64. The van der Waals surface area contributed by atoms with Crippen LogP contribution in [0, 0.1) is 0 Å². The van der Waals surface area contributed by atoms with Crippen LogP contribution in [0.1, 0.15) is 44.6 Å². The summed E-state index contributed by atoms with van der Waals surface area (Å²) in [6, 6.07) is 13.5. The van der Waals surface area contributed by atoms with Crippen LogP contribution in [0.25, 0.3) is 10.2 Å². The maximum Gasteiger partial charge on any atom is 0.256 e. The van der Waals surface area contributed by atoms with Crippen LogP contribution in [0.3, 0.4) is 0 Å². The molecule has 2 N–H and O–H groups in total. The van der Waals surface area contributed by atoms with Crippen molar-refractivity contribution in [2.24, 2.45) is 0 Å². The zero-order valence-corrected chi connectivity index (χ0v) is 21.3. The van der Waals surface area contributed by atoms with Crippen LogP contribution < -0.4 is 15.4 Å². The van der Waals surface area contributed by atoms with Gasteiger partial charge in [0.25, 0.3) is 5.91 Å². The van der Waals surface area contributed by atoms with E-state index in [0.29, 0.717) is 29.3 Å². The van der Waals surface area contributed by atoms with Crippen molar-refractivity contribution < 1.29 is 14.3 Å². The maximum atomic E-state index is 13.6. The van der Waals surface area contributed by atoms with Gasteiger partial charge in [0.1, 0.15) is 5.75 Å². The minimum Gasteiger partial charge on any atom is -0.494 e. The number of rotatable bonds is 5. The Morgan fingerprint density at radius 3 is 2.79 bits per heavy atom. The van der Waals surface area contributed by atoms with Gasteiger partial charge in [0, 0.05) is 39.4 Å². The van der Waals surface area contributed by atoms with Crippen molar-refractivity contribution >= 4 is 54.3 Å². The van der Waals surface area contributed by atoms with E-state index in [1.54, 1.807) is 0 Å². The number of dihydropyridines is 1. The Morgan fingerprint density at radius 2 is 2.03 bits per heavy atom. The topological polar surface area (TPSA) is 80.3 Å². The van der Waals surface area contributed by atoms with Gasteiger partial charge in [0.2, 0.25) is 0 Å². The molecule has 1 aliphatic heterocycles. The van der Waals surface area contributed by atoms with Crippen LogP contribution in [-0.4, -0.2) is 23.3 Å². The third-order valence-electron chi connectivity index (χ3n) is 6.12. The van der Waals surface area contributed by atoms with Gasteiger partial charge in [-0.25, -0.2) is 4.98 Å². The van der Waals surface area contributed by atoms with Crippen LogP contribution >= 0.6 is 27.3 Å². The Labute approximate surface area is 210 Å². The monoisotopic (exact) mass is 537 g/mol. The molecule has 0 saturated heterocycles. The first-order valence-electron chi connectivity index (χ1n) is 11.3. The van der Waals surface area contributed by atoms with Gasteiger partial charge in [0.15, 0.2) is 10.9 Å². The molecule has 0 bridgehead atoms. The molecule has 6 nitrogen and oxygen atoms in total. The molecule has 1 unspecified atom stereocenters. The Hall–Kier alpha value is -2.97. The maximum absolute atomic E-state index is 13.6. The van der Waals surface area contributed by atoms with E-state index in [0.717, 1.165) is 50.2 Å². The van der Waals surface area contributed by atoms with Gasteiger partial charge < -0.3 is 10.1 Å². The molecule has 0 saturated carbocycles. The van der Waals surface area contributed by atoms with E-state index in [4.69, 9.17) is 4.74 Å². The van der Waals surface area contributed by atoms with Crippen LogP contribution in [0.5, 0.6) is 5.75 Å².